The van der Waals surface area contributed by atoms with Crippen molar-refractivity contribution in [1.82, 2.24) is 10.6 Å². The molecule has 5 nitrogen and oxygen atoms in total. The van der Waals surface area contributed by atoms with Crippen LogP contribution >= 0.6 is 24.0 Å². The number of para-hydroxylation sites is 1. The summed E-state index contributed by atoms with van der Waals surface area (Å²) in [4.78, 5) is 6.50. The van der Waals surface area contributed by atoms with Gasteiger partial charge in [0.1, 0.15) is 11.6 Å². The molecule has 2 N–H and O–H groups in total. The number of halogens is 4. The van der Waals surface area contributed by atoms with Crippen LogP contribution < -0.4 is 20.3 Å². The Kier molecular flexibility index (Phi) is 9.54. The van der Waals surface area contributed by atoms with E-state index in [1.54, 1.807) is 7.05 Å². The lowest BCUT2D eigenvalue weighted by Gasteiger charge is -2.34. The molecule has 0 amide bonds. The maximum absolute atomic E-state index is 14.1. The van der Waals surface area contributed by atoms with Gasteiger partial charge in [0.15, 0.2) is 5.96 Å². The minimum atomic E-state index is -3.01. The van der Waals surface area contributed by atoms with E-state index in [9.17, 15) is 13.2 Å². The van der Waals surface area contributed by atoms with Crippen molar-refractivity contribution in [2.24, 2.45) is 4.99 Å². The second-order valence-corrected chi connectivity index (χ2v) is 6.76. The van der Waals surface area contributed by atoms with Gasteiger partial charge >= 0.3 is 6.61 Å². The normalized spacial score (nSPS) is 15.0. The lowest BCUT2D eigenvalue weighted by molar-refractivity contribution is -0.0506. The number of guanidine groups is 1. The smallest absolute Gasteiger partial charge is 0.387 e. The number of hydrogen-bond acceptors (Lipinski definition) is 3. The molecule has 1 fully saturated rings. The van der Waals surface area contributed by atoms with Crippen LogP contribution in [-0.4, -0.2) is 38.8 Å². The number of hydrogen-bond donors (Lipinski definition) is 2. The third-order valence-electron chi connectivity index (χ3n) is 4.91. The lowest BCUT2D eigenvalue weighted by Crippen LogP contribution is -2.48. The average Bonchev–Trinajstić information content (AvgIpc) is 2.73. The third-order valence-corrected chi connectivity index (χ3v) is 4.91. The highest BCUT2D eigenvalue weighted by Gasteiger charge is 2.20. The number of rotatable bonds is 6. The molecule has 1 heterocycles. The van der Waals surface area contributed by atoms with Crippen LogP contribution in [0.4, 0.5) is 18.9 Å². The lowest BCUT2D eigenvalue weighted by atomic mass is 10.0. The van der Waals surface area contributed by atoms with Crippen molar-refractivity contribution in [2.45, 2.75) is 32.0 Å². The van der Waals surface area contributed by atoms with Gasteiger partial charge in [0.2, 0.25) is 0 Å². The molecule has 0 atom stereocenters. The van der Waals surface area contributed by atoms with E-state index >= 15 is 0 Å². The summed E-state index contributed by atoms with van der Waals surface area (Å²) < 4.78 is 43.6. The number of benzene rings is 2. The molecule has 1 saturated heterocycles. The quantitative estimate of drug-likeness (QED) is 0.328. The van der Waals surface area contributed by atoms with Crippen LogP contribution in [0.1, 0.15) is 18.4 Å². The van der Waals surface area contributed by atoms with Crippen LogP contribution in [0.3, 0.4) is 0 Å². The number of nitrogens with zero attached hydrogens (tertiary/aromatic N) is 2. The maximum Gasteiger partial charge on any atom is 0.387 e. The molecule has 1 aliphatic heterocycles. The largest absolute Gasteiger partial charge is 0.434 e. The van der Waals surface area contributed by atoms with Crippen LogP contribution in [-0.2, 0) is 6.54 Å². The fraction of sp³-hybridized carbons (Fsp3) is 0.381. The zero-order valence-electron chi connectivity index (χ0n) is 16.7. The fourth-order valence-electron chi connectivity index (χ4n) is 3.40. The molecule has 0 aliphatic carbocycles. The molecule has 2 aromatic carbocycles. The monoisotopic (exact) mass is 534 g/mol. The van der Waals surface area contributed by atoms with E-state index in [0.29, 0.717) is 5.96 Å². The number of nitrogens with one attached hydrogen (secondary N) is 2. The SMILES string of the molecule is CN=C(NCc1c(F)cccc1OC(F)F)NC1CCN(c2ccccc2)CC1.I. The molecule has 0 saturated carbocycles. The minimum Gasteiger partial charge on any atom is -0.434 e. The van der Waals surface area contributed by atoms with E-state index in [1.807, 2.05) is 18.2 Å². The van der Waals surface area contributed by atoms with Crippen molar-refractivity contribution in [3.05, 3.63) is 59.9 Å². The Morgan fingerprint density at radius 3 is 2.47 bits per heavy atom. The van der Waals surface area contributed by atoms with Crippen LogP contribution in [0.15, 0.2) is 53.5 Å². The van der Waals surface area contributed by atoms with Gasteiger partial charge in [-0.2, -0.15) is 8.78 Å². The first-order valence-corrected chi connectivity index (χ1v) is 9.56. The van der Waals surface area contributed by atoms with E-state index in [-0.39, 0.29) is 47.9 Å². The predicted molar refractivity (Wildman–Crippen MR) is 123 cm³/mol. The summed E-state index contributed by atoms with van der Waals surface area (Å²) in [6, 6.07) is 14.3. The van der Waals surface area contributed by atoms with Gasteiger partial charge in [-0.05, 0) is 37.1 Å². The predicted octanol–water partition coefficient (Wildman–Crippen LogP) is 4.38. The molecule has 2 aromatic rings. The van der Waals surface area contributed by atoms with E-state index in [1.165, 1.54) is 23.9 Å². The molecule has 0 spiro atoms. The number of aliphatic imine (C=N–C) groups is 1. The van der Waals surface area contributed by atoms with E-state index in [2.05, 4.69) is 37.4 Å². The standard InChI is InChI=1S/C21H25F3N4O.HI/c1-25-21(26-14-17-18(22)8-5-9-19(17)29-20(23)24)27-15-10-12-28(13-11-15)16-6-3-2-4-7-16;/h2-9,15,20H,10-14H2,1H3,(H2,25,26,27);1H. The van der Waals surface area contributed by atoms with Gasteiger partial charge in [0, 0.05) is 44.0 Å². The first-order valence-electron chi connectivity index (χ1n) is 9.56. The molecule has 0 aromatic heterocycles. The molecular formula is C21H26F3IN4O. The number of anilines is 1. The number of alkyl halides is 2. The Morgan fingerprint density at radius 2 is 1.83 bits per heavy atom. The summed E-state index contributed by atoms with van der Waals surface area (Å²) in [6.07, 6.45) is 1.85. The van der Waals surface area contributed by atoms with E-state index < -0.39 is 12.4 Å². The first-order chi connectivity index (χ1) is 14.1. The zero-order valence-corrected chi connectivity index (χ0v) is 19.0. The van der Waals surface area contributed by atoms with Crippen LogP contribution in [0.5, 0.6) is 5.75 Å². The Bertz CT molecular complexity index is 815. The molecule has 0 radical (unpaired) electrons. The van der Waals surface area contributed by atoms with Gasteiger partial charge in [-0.15, -0.1) is 24.0 Å². The second kappa shape index (κ2) is 11.9. The van der Waals surface area contributed by atoms with Crippen LogP contribution in [0.25, 0.3) is 0 Å². The summed E-state index contributed by atoms with van der Waals surface area (Å²) in [7, 11) is 1.62. The maximum atomic E-state index is 14.1. The molecular weight excluding hydrogens is 508 g/mol. The molecule has 3 rings (SSSR count). The number of ether oxygens (including phenoxy) is 1. The van der Waals surface area contributed by atoms with E-state index in [4.69, 9.17) is 0 Å². The highest BCUT2D eigenvalue weighted by molar-refractivity contribution is 14.0. The summed E-state index contributed by atoms with van der Waals surface area (Å²) in [6.45, 7) is -1.20. The topological polar surface area (TPSA) is 48.9 Å². The summed E-state index contributed by atoms with van der Waals surface area (Å²) in [5, 5.41) is 6.32. The first kappa shape index (κ1) is 24.1. The highest BCUT2D eigenvalue weighted by Crippen LogP contribution is 2.23. The Balaban J connectivity index is 0.00000320. The van der Waals surface area contributed by atoms with Gasteiger partial charge in [-0.3, -0.25) is 4.99 Å². The molecule has 0 unspecified atom stereocenters. The van der Waals surface area contributed by atoms with E-state index in [0.717, 1.165) is 25.9 Å². The molecule has 30 heavy (non-hydrogen) atoms. The van der Waals surface area contributed by atoms with Crippen molar-refractivity contribution >= 4 is 35.6 Å². The fourth-order valence-corrected chi connectivity index (χ4v) is 3.40. The van der Waals surface area contributed by atoms with Crippen molar-refractivity contribution < 1.29 is 17.9 Å². The molecule has 9 heteroatoms. The third kappa shape index (κ3) is 6.68. The molecule has 1 aliphatic rings. The highest BCUT2D eigenvalue weighted by atomic mass is 127. The van der Waals surface area contributed by atoms with Gasteiger partial charge in [0.25, 0.3) is 0 Å². The zero-order chi connectivity index (χ0) is 20.6. The van der Waals surface area contributed by atoms with Gasteiger partial charge in [-0.25, -0.2) is 4.39 Å². The Hall–Kier alpha value is -2.17. The van der Waals surface area contributed by atoms with Crippen molar-refractivity contribution in [3.8, 4) is 5.75 Å². The minimum absolute atomic E-state index is 0. The Labute approximate surface area is 191 Å². The molecule has 0 bridgehead atoms. The van der Waals surface area contributed by atoms with Crippen molar-refractivity contribution in [1.29, 1.82) is 0 Å². The van der Waals surface area contributed by atoms with Gasteiger partial charge in [-0.1, -0.05) is 24.3 Å². The second-order valence-electron chi connectivity index (χ2n) is 6.76. The average molecular weight is 534 g/mol. The van der Waals surface area contributed by atoms with Crippen LogP contribution in [0, 0.1) is 5.82 Å². The summed E-state index contributed by atoms with van der Waals surface area (Å²) in [5.41, 5.74) is 1.24. The van der Waals surface area contributed by atoms with Crippen molar-refractivity contribution in [3.63, 3.8) is 0 Å². The number of piperidine rings is 1. The summed E-state index contributed by atoms with van der Waals surface area (Å²) in [5.74, 6) is -0.296. The summed E-state index contributed by atoms with van der Waals surface area (Å²) >= 11 is 0. The van der Waals surface area contributed by atoms with Crippen LogP contribution in [0.2, 0.25) is 0 Å². The van der Waals surface area contributed by atoms with Crippen molar-refractivity contribution in [2.75, 3.05) is 25.0 Å². The molecule has 164 valence electrons. The van der Waals surface area contributed by atoms with Gasteiger partial charge in [0.05, 0.1) is 0 Å². The Morgan fingerprint density at radius 1 is 1.13 bits per heavy atom. The van der Waals surface area contributed by atoms with Gasteiger partial charge < -0.3 is 20.3 Å².